The lowest BCUT2D eigenvalue weighted by molar-refractivity contribution is 0.0697. The van der Waals surface area contributed by atoms with Crippen molar-refractivity contribution in [3.8, 4) is 0 Å². The number of rotatable bonds is 3. The molecule has 0 bridgehead atoms. The Bertz CT molecular complexity index is 951. The molecular formula is C20H18FN3O2. The molecule has 0 unspecified atom stereocenters. The number of aromatic nitrogens is 1. The molecule has 6 heteroatoms. The number of carboxylic acids is 1. The highest BCUT2D eigenvalue weighted by atomic mass is 19.1. The molecule has 132 valence electrons. The standard InChI is InChI=1S/C20H18FN3O2/c21-15-5-7-16(8-6-15)23-9-11-24(12-10-23)19-17(20(25)26)13-14-3-1-2-4-18(14)22-19/h1-8,13H,9-12H2,(H,25,26). The molecule has 0 saturated carbocycles. The number of benzene rings is 2. The minimum Gasteiger partial charge on any atom is -0.478 e. The van der Waals surface area contributed by atoms with E-state index in [1.54, 1.807) is 18.2 Å². The first-order valence-electron chi connectivity index (χ1n) is 8.50. The molecule has 3 aromatic rings. The summed E-state index contributed by atoms with van der Waals surface area (Å²) in [6, 6.07) is 15.6. The molecule has 0 aliphatic carbocycles. The molecular weight excluding hydrogens is 333 g/mol. The smallest absolute Gasteiger partial charge is 0.339 e. The van der Waals surface area contributed by atoms with Crippen LogP contribution in [0.2, 0.25) is 0 Å². The van der Waals surface area contributed by atoms with Crippen molar-refractivity contribution in [1.29, 1.82) is 0 Å². The Kier molecular flexibility index (Phi) is 4.16. The van der Waals surface area contributed by atoms with Crippen LogP contribution in [0.1, 0.15) is 10.4 Å². The molecule has 5 nitrogen and oxygen atoms in total. The Morgan fingerprint density at radius 3 is 2.31 bits per heavy atom. The first-order valence-corrected chi connectivity index (χ1v) is 8.50. The second-order valence-corrected chi connectivity index (χ2v) is 6.31. The van der Waals surface area contributed by atoms with E-state index in [4.69, 9.17) is 0 Å². The summed E-state index contributed by atoms with van der Waals surface area (Å²) in [5.74, 6) is -0.715. The van der Waals surface area contributed by atoms with E-state index < -0.39 is 5.97 Å². The maximum Gasteiger partial charge on any atom is 0.339 e. The van der Waals surface area contributed by atoms with Gasteiger partial charge in [0.15, 0.2) is 0 Å². The van der Waals surface area contributed by atoms with E-state index in [2.05, 4.69) is 9.88 Å². The van der Waals surface area contributed by atoms with Crippen molar-refractivity contribution in [2.24, 2.45) is 0 Å². The van der Waals surface area contributed by atoms with Gasteiger partial charge in [0.2, 0.25) is 0 Å². The molecule has 2 heterocycles. The summed E-state index contributed by atoms with van der Waals surface area (Å²) >= 11 is 0. The summed E-state index contributed by atoms with van der Waals surface area (Å²) in [4.78, 5) is 20.5. The third kappa shape index (κ3) is 3.06. The SMILES string of the molecule is O=C(O)c1cc2ccccc2nc1N1CCN(c2ccc(F)cc2)CC1. The van der Waals surface area contributed by atoms with Gasteiger partial charge in [-0.1, -0.05) is 18.2 Å². The highest BCUT2D eigenvalue weighted by Crippen LogP contribution is 2.26. The normalized spacial score (nSPS) is 14.7. The average Bonchev–Trinajstić information content (AvgIpc) is 2.67. The van der Waals surface area contributed by atoms with Crippen molar-refractivity contribution in [3.05, 3.63) is 66.0 Å². The molecule has 4 rings (SSSR count). The third-order valence-electron chi connectivity index (χ3n) is 4.71. The summed E-state index contributed by atoms with van der Waals surface area (Å²) in [7, 11) is 0. The van der Waals surface area contributed by atoms with Crippen LogP contribution in [-0.2, 0) is 0 Å². The Hall–Kier alpha value is -3.15. The average molecular weight is 351 g/mol. The van der Waals surface area contributed by atoms with Crippen molar-refractivity contribution in [3.63, 3.8) is 0 Å². The number of anilines is 2. The first kappa shape index (κ1) is 16.3. The van der Waals surface area contributed by atoms with Crippen LogP contribution in [0.3, 0.4) is 0 Å². The van der Waals surface area contributed by atoms with Crippen LogP contribution in [0, 0.1) is 5.82 Å². The zero-order chi connectivity index (χ0) is 18.1. The van der Waals surface area contributed by atoms with Gasteiger partial charge in [-0.3, -0.25) is 0 Å². The van der Waals surface area contributed by atoms with Gasteiger partial charge >= 0.3 is 5.97 Å². The number of para-hydroxylation sites is 1. The maximum absolute atomic E-state index is 13.1. The minimum absolute atomic E-state index is 0.221. The van der Waals surface area contributed by atoms with Crippen molar-refractivity contribution in [2.75, 3.05) is 36.0 Å². The number of carbonyl (C=O) groups is 1. The number of pyridine rings is 1. The Morgan fingerprint density at radius 2 is 1.62 bits per heavy atom. The lowest BCUT2D eigenvalue weighted by Crippen LogP contribution is -2.47. The van der Waals surface area contributed by atoms with Crippen molar-refractivity contribution in [1.82, 2.24) is 4.98 Å². The van der Waals surface area contributed by atoms with Gasteiger partial charge in [0.1, 0.15) is 17.2 Å². The third-order valence-corrected chi connectivity index (χ3v) is 4.71. The number of piperazine rings is 1. The fourth-order valence-corrected chi connectivity index (χ4v) is 3.33. The molecule has 0 atom stereocenters. The van der Waals surface area contributed by atoms with Gasteiger partial charge in [-0.15, -0.1) is 0 Å². The van der Waals surface area contributed by atoms with E-state index >= 15 is 0 Å². The topological polar surface area (TPSA) is 56.7 Å². The maximum atomic E-state index is 13.1. The molecule has 0 spiro atoms. The second kappa shape index (κ2) is 6.63. The van der Waals surface area contributed by atoms with Crippen LogP contribution in [0.5, 0.6) is 0 Å². The molecule has 1 N–H and O–H groups in total. The van der Waals surface area contributed by atoms with E-state index in [9.17, 15) is 14.3 Å². The summed E-state index contributed by atoms with van der Waals surface area (Å²) in [6.45, 7) is 2.75. The summed E-state index contributed by atoms with van der Waals surface area (Å²) in [5.41, 5.74) is 1.98. The highest BCUT2D eigenvalue weighted by molar-refractivity contribution is 5.98. The zero-order valence-electron chi connectivity index (χ0n) is 14.1. The summed E-state index contributed by atoms with van der Waals surface area (Å²) in [5, 5.41) is 10.4. The quantitative estimate of drug-likeness (QED) is 0.784. The van der Waals surface area contributed by atoms with Gasteiger partial charge in [0.05, 0.1) is 5.52 Å². The number of hydrogen-bond acceptors (Lipinski definition) is 4. The number of hydrogen-bond donors (Lipinski definition) is 1. The number of nitrogens with zero attached hydrogens (tertiary/aromatic N) is 3. The number of halogens is 1. The van der Waals surface area contributed by atoms with E-state index in [0.29, 0.717) is 18.9 Å². The van der Waals surface area contributed by atoms with Crippen molar-refractivity contribution < 1.29 is 14.3 Å². The summed E-state index contributed by atoms with van der Waals surface area (Å²) in [6.07, 6.45) is 0. The van der Waals surface area contributed by atoms with Crippen molar-refractivity contribution >= 4 is 28.4 Å². The number of carboxylic acid groups (broad SMARTS) is 1. The first-order chi connectivity index (χ1) is 12.6. The fourth-order valence-electron chi connectivity index (χ4n) is 3.33. The number of fused-ring (bicyclic) bond motifs is 1. The number of aromatic carboxylic acids is 1. The highest BCUT2D eigenvalue weighted by Gasteiger charge is 2.23. The minimum atomic E-state index is -0.973. The van der Waals surface area contributed by atoms with Gasteiger partial charge in [0.25, 0.3) is 0 Å². The predicted molar refractivity (Wildman–Crippen MR) is 99.5 cm³/mol. The predicted octanol–water partition coefficient (Wildman–Crippen LogP) is 3.40. The van der Waals surface area contributed by atoms with Gasteiger partial charge in [0, 0.05) is 37.3 Å². The van der Waals surface area contributed by atoms with E-state index in [1.807, 2.05) is 29.2 Å². The fraction of sp³-hybridized carbons (Fsp3) is 0.200. The Balaban J connectivity index is 1.59. The molecule has 1 aliphatic heterocycles. The van der Waals surface area contributed by atoms with Gasteiger partial charge in [-0.25, -0.2) is 14.2 Å². The second-order valence-electron chi connectivity index (χ2n) is 6.31. The van der Waals surface area contributed by atoms with Gasteiger partial charge in [-0.05, 0) is 36.4 Å². The van der Waals surface area contributed by atoms with Crippen LogP contribution < -0.4 is 9.80 Å². The molecule has 1 aromatic heterocycles. The molecule has 0 radical (unpaired) electrons. The Labute approximate surface area is 150 Å². The van der Waals surface area contributed by atoms with Crippen LogP contribution in [0.4, 0.5) is 15.9 Å². The van der Waals surface area contributed by atoms with Crippen LogP contribution in [0.25, 0.3) is 10.9 Å². The lowest BCUT2D eigenvalue weighted by Gasteiger charge is -2.37. The Morgan fingerprint density at radius 1 is 0.962 bits per heavy atom. The molecule has 1 aliphatic rings. The van der Waals surface area contributed by atoms with Gasteiger partial charge < -0.3 is 14.9 Å². The van der Waals surface area contributed by atoms with Crippen molar-refractivity contribution in [2.45, 2.75) is 0 Å². The monoisotopic (exact) mass is 351 g/mol. The largest absolute Gasteiger partial charge is 0.478 e. The van der Waals surface area contributed by atoms with Gasteiger partial charge in [-0.2, -0.15) is 0 Å². The molecule has 0 amide bonds. The zero-order valence-corrected chi connectivity index (χ0v) is 14.1. The van der Waals surface area contributed by atoms with Crippen LogP contribution in [-0.4, -0.2) is 42.2 Å². The molecule has 2 aromatic carbocycles. The summed E-state index contributed by atoms with van der Waals surface area (Å²) < 4.78 is 13.1. The lowest BCUT2D eigenvalue weighted by atomic mass is 10.1. The molecule has 1 fully saturated rings. The van der Waals surface area contributed by atoms with E-state index in [-0.39, 0.29) is 11.4 Å². The van der Waals surface area contributed by atoms with Crippen LogP contribution >= 0.6 is 0 Å². The van der Waals surface area contributed by atoms with E-state index in [1.165, 1.54) is 12.1 Å². The molecule has 1 saturated heterocycles. The molecule has 26 heavy (non-hydrogen) atoms. The van der Waals surface area contributed by atoms with E-state index in [0.717, 1.165) is 29.7 Å². The van der Waals surface area contributed by atoms with Crippen LogP contribution in [0.15, 0.2) is 54.6 Å².